The number of anilines is 1. The van der Waals surface area contributed by atoms with Gasteiger partial charge >= 0.3 is 0 Å². The highest BCUT2D eigenvalue weighted by Gasteiger charge is 2.34. The molecular weight excluding hydrogens is 432 g/mol. The number of hydrogen-bond donors (Lipinski definition) is 1. The first-order valence-electron chi connectivity index (χ1n) is 11.6. The van der Waals surface area contributed by atoms with Gasteiger partial charge in [0.2, 0.25) is 0 Å². The summed E-state index contributed by atoms with van der Waals surface area (Å²) in [7, 11) is 1.61. The van der Waals surface area contributed by atoms with E-state index in [-0.39, 0.29) is 11.7 Å². The Morgan fingerprint density at radius 3 is 3.00 bits per heavy atom. The zero-order chi connectivity index (χ0) is 23.1. The van der Waals surface area contributed by atoms with Crippen molar-refractivity contribution < 1.29 is 9.47 Å². The van der Waals surface area contributed by atoms with Gasteiger partial charge in [-0.1, -0.05) is 18.2 Å². The lowest BCUT2D eigenvalue weighted by atomic mass is 10.0. The fourth-order valence-electron chi connectivity index (χ4n) is 5.12. The van der Waals surface area contributed by atoms with Gasteiger partial charge in [0.25, 0.3) is 5.56 Å². The molecule has 1 fully saturated rings. The highest BCUT2D eigenvalue weighted by molar-refractivity contribution is 5.81. The molecule has 0 spiro atoms. The average Bonchev–Trinajstić information content (AvgIpc) is 3.62. The van der Waals surface area contributed by atoms with Crippen LogP contribution in [0.15, 0.2) is 53.3 Å². The van der Waals surface area contributed by atoms with Gasteiger partial charge in [-0.25, -0.2) is 4.68 Å². The van der Waals surface area contributed by atoms with Crippen LogP contribution in [-0.2, 0) is 17.7 Å². The van der Waals surface area contributed by atoms with Gasteiger partial charge < -0.3 is 19.4 Å². The van der Waals surface area contributed by atoms with Crippen LogP contribution >= 0.6 is 0 Å². The monoisotopic (exact) mass is 458 g/mol. The number of nitrogens with one attached hydrogen (secondary N) is 1. The molecule has 2 aromatic heterocycles. The third-order valence-electron chi connectivity index (χ3n) is 6.82. The maximum atomic E-state index is 13.5. The number of aromatic amines is 1. The molecule has 174 valence electrons. The first kappa shape index (κ1) is 20.9. The quantitative estimate of drug-likeness (QED) is 0.474. The van der Waals surface area contributed by atoms with Gasteiger partial charge in [-0.2, -0.15) is 0 Å². The molecule has 4 aromatic rings. The van der Waals surface area contributed by atoms with Gasteiger partial charge in [0.15, 0.2) is 5.82 Å². The van der Waals surface area contributed by atoms with Gasteiger partial charge in [-0.15, -0.1) is 5.10 Å². The second-order valence-electron chi connectivity index (χ2n) is 8.84. The van der Waals surface area contributed by atoms with Gasteiger partial charge in [0, 0.05) is 30.5 Å². The molecule has 0 unspecified atom stereocenters. The van der Waals surface area contributed by atoms with Crippen LogP contribution in [-0.4, -0.2) is 51.6 Å². The van der Waals surface area contributed by atoms with Gasteiger partial charge in [-0.3, -0.25) is 4.79 Å². The topological polar surface area (TPSA) is 98.2 Å². The van der Waals surface area contributed by atoms with E-state index in [0.717, 1.165) is 49.0 Å². The molecule has 1 N–H and O–H groups in total. The van der Waals surface area contributed by atoms with E-state index in [1.165, 1.54) is 5.56 Å². The minimum atomic E-state index is -0.435. The Morgan fingerprint density at radius 2 is 2.15 bits per heavy atom. The fourth-order valence-corrected chi connectivity index (χ4v) is 5.12. The third kappa shape index (κ3) is 3.62. The van der Waals surface area contributed by atoms with Crippen LogP contribution in [0, 0.1) is 0 Å². The number of aromatic nitrogens is 5. The Bertz CT molecular complexity index is 1390. The fraction of sp³-hybridized carbons (Fsp3) is 0.360. The number of H-pyrrole nitrogens is 1. The van der Waals surface area contributed by atoms with Crippen molar-refractivity contribution in [3.8, 4) is 5.75 Å². The van der Waals surface area contributed by atoms with E-state index in [2.05, 4.69) is 43.6 Å². The van der Waals surface area contributed by atoms with E-state index in [1.54, 1.807) is 11.8 Å². The Labute approximate surface area is 196 Å². The van der Waals surface area contributed by atoms with Crippen LogP contribution in [0.1, 0.15) is 35.8 Å². The summed E-state index contributed by atoms with van der Waals surface area (Å²) in [5.74, 6) is 1.34. The Morgan fingerprint density at radius 1 is 1.24 bits per heavy atom. The SMILES string of the molecule is COc1ccc2cc([C@@H](c3nnnn3C[C@@H]3CCCO3)N3CCc4ccccc43)c(=O)[nH]c2c1. The summed E-state index contributed by atoms with van der Waals surface area (Å²) >= 11 is 0. The molecule has 2 aromatic carbocycles. The predicted octanol–water partition coefficient (Wildman–Crippen LogP) is 2.85. The number of methoxy groups -OCH3 is 1. The van der Waals surface area contributed by atoms with Crippen LogP contribution in [0.3, 0.4) is 0 Å². The highest BCUT2D eigenvalue weighted by Crippen LogP contribution is 2.37. The van der Waals surface area contributed by atoms with Crippen molar-refractivity contribution in [3.63, 3.8) is 0 Å². The number of nitrogens with zero attached hydrogens (tertiary/aromatic N) is 5. The van der Waals surface area contributed by atoms with Crippen LogP contribution < -0.4 is 15.2 Å². The zero-order valence-electron chi connectivity index (χ0n) is 19.0. The molecule has 2 aliphatic rings. The summed E-state index contributed by atoms with van der Waals surface area (Å²) in [5.41, 5.74) is 3.54. The molecule has 0 amide bonds. The first-order chi connectivity index (χ1) is 16.7. The van der Waals surface area contributed by atoms with Gasteiger partial charge in [0.05, 0.1) is 25.3 Å². The molecule has 1 saturated heterocycles. The molecule has 2 atom stereocenters. The first-order valence-corrected chi connectivity index (χ1v) is 11.6. The average molecular weight is 459 g/mol. The molecule has 4 heterocycles. The number of tetrazole rings is 1. The van der Waals surface area contributed by atoms with Crippen molar-refractivity contribution in [2.45, 2.75) is 38.0 Å². The molecule has 0 saturated carbocycles. The van der Waals surface area contributed by atoms with Gasteiger partial charge in [0.1, 0.15) is 11.8 Å². The van der Waals surface area contributed by atoms with Crippen molar-refractivity contribution in [2.24, 2.45) is 0 Å². The Balaban J connectivity index is 1.50. The minimum absolute atomic E-state index is 0.0797. The molecule has 2 aliphatic heterocycles. The van der Waals surface area contributed by atoms with Crippen molar-refractivity contribution >= 4 is 16.6 Å². The van der Waals surface area contributed by atoms with Crippen LogP contribution in [0.4, 0.5) is 5.69 Å². The third-order valence-corrected chi connectivity index (χ3v) is 6.82. The molecular formula is C25H26N6O3. The molecule has 9 nitrogen and oxygen atoms in total. The summed E-state index contributed by atoms with van der Waals surface area (Å²) in [6.45, 7) is 2.10. The van der Waals surface area contributed by atoms with E-state index in [0.29, 0.717) is 23.7 Å². The minimum Gasteiger partial charge on any atom is -0.497 e. The lowest BCUT2D eigenvalue weighted by Gasteiger charge is -2.29. The zero-order valence-corrected chi connectivity index (χ0v) is 19.0. The summed E-state index contributed by atoms with van der Waals surface area (Å²) in [6.07, 6.45) is 3.01. The van der Waals surface area contributed by atoms with Crippen molar-refractivity contribution in [1.29, 1.82) is 0 Å². The van der Waals surface area contributed by atoms with Crippen LogP contribution in [0.25, 0.3) is 10.9 Å². The van der Waals surface area contributed by atoms with E-state index < -0.39 is 6.04 Å². The molecule has 6 rings (SSSR count). The van der Waals surface area contributed by atoms with Crippen LogP contribution in [0.5, 0.6) is 5.75 Å². The van der Waals surface area contributed by atoms with Gasteiger partial charge in [-0.05, 0) is 64.9 Å². The number of fused-ring (bicyclic) bond motifs is 2. The van der Waals surface area contributed by atoms with E-state index in [9.17, 15) is 4.79 Å². The molecule has 0 bridgehead atoms. The smallest absolute Gasteiger partial charge is 0.254 e. The number of ether oxygens (including phenoxy) is 2. The van der Waals surface area contributed by atoms with Crippen LogP contribution in [0.2, 0.25) is 0 Å². The normalized spacial score (nSPS) is 18.4. The second-order valence-corrected chi connectivity index (χ2v) is 8.84. The Hall–Kier alpha value is -3.72. The summed E-state index contributed by atoms with van der Waals surface area (Å²) in [4.78, 5) is 18.8. The summed E-state index contributed by atoms with van der Waals surface area (Å²) in [6, 6.07) is 15.5. The summed E-state index contributed by atoms with van der Waals surface area (Å²) in [5, 5.41) is 13.6. The number of para-hydroxylation sites is 1. The maximum Gasteiger partial charge on any atom is 0.254 e. The summed E-state index contributed by atoms with van der Waals surface area (Å²) < 4.78 is 13.0. The number of hydrogen-bond acceptors (Lipinski definition) is 7. The van der Waals surface area contributed by atoms with Crippen molar-refractivity contribution in [1.82, 2.24) is 25.2 Å². The molecule has 34 heavy (non-hydrogen) atoms. The lowest BCUT2D eigenvalue weighted by Crippen LogP contribution is -2.35. The van der Waals surface area contributed by atoms with Crippen molar-refractivity contribution in [3.05, 3.63) is 75.8 Å². The number of pyridine rings is 1. The van der Waals surface area contributed by atoms with Crippen molar-refractivity contribution in [2.75, 3.05) is 25.2 Å². The molecule has 9 heteroatoms. The predicted molar refractivity (Wildman–Crippen MR) is 127 cm³/mol. The van der Waals surface area contributed by atoms with E-state index in [4.69, 9.17) is 9.47 Å². The number of rotatable bonds is 6. The van der Waals surface area contributed by atoms with E-state index in [1.807, 2.05) is 30.3 Å². The number of benzene rings is 2. The molecule has 0 radical (unpaired) electrons. The standard InChI is InChI=1S/C25H26N6O3/c1-33-18-9-8-17-13-20(25(32)26-21(17)14-18)23(30-11-10-16-5-2-3-7-22(16)30)24-27-28-29-31(24)15-19-6-4-12-34-19/h2-3,5,7-9,13-14,19,23H,4,6,10-12,15H2,1H3,(H,26,32)/t19-,23-/m0/s1. The second kappa shape index (κ2) is 8.57. The maximum absolute atomic E-state index is 13.5. The highest BCUT2D eigenvalue weighted by atomic mass is 16.5. The largest absolute Gasteiger partial charge is 0.497 e. The lowest BCUT2D eigenvalue weighted by molar-refractivity contribution is 0.0924. The van der Waals surface area contributed by atoms with E-state index >= 15 is 0 Å². The Kier molecular flexibility index (Phi) is 5.26. The molecule has 0 aliphatic carbocycles.